The van der Waals surface area contributed by atoms with E-state index in [0.29, 0.717) is 29.5 Å². The molecule has 2 rings (SSSR count). The van der Waals surface area contributed by atoms with Gasteiger partial charge in [0.05, 0.1) is 19.4 Å². The number of carbonyl (C=O) groups excluding carboxylic acids is 2. The summed E-state index contributed by atoms with van der Waals surface area (Å²) in [6, 6.07) is 14.0. The van der Waals surface area contributed by atoms with Crippen molar-refractivity contribution >= 4 is 17.6 Å². The number of benzene rings is 2. The maximum absolute atomic E-state index is 12.3. The number of esters is 1. The van der Waals surface area contributed by atoms with Crippen LogP contribution in [0.1, 0.15) is 20.3 Å². The number of rotatable bonds is 10. The number of nitrogens with one attached hydrogen (secondary N) is 1. The molecule has 0 fully saturated rings. The van der Waals surface area contributed by atoms with Crippen molar-refractivity contribution in [2.24, 2.45) is 0 Å². The van der Waals surface area contributed by atoms with Gasteiger partial charge in [-0.15, -0.1) is 0 Å². The van der Waals surface area contributed by atoms with Crippen LogP contribution in [0.3, 0.4) is 0 Å². The van der Waals surface area contributed by atoms with E-state index >= 15 is 0 Å². The SMILES string of the molecule is CCCOc1ccccc1OCC(=O)O[C@H](C)C(=O)Nc1ccccc1OC. The van der Waals surface area contributed by atoms with Crippen molar-refractivity contribution in [1.82, 2.24) is 0 Å². The molecule has 0 bridgehead atoms. The third kappa shape index (κ3) is 6.19. The van der Waals surface area contributed by atoms with Gasteiger partial charge in [-0.25, -0.2) is 4.79 Å². The molecule has 1 amide bonds. The van der Waals surface area contributed by atoms with E-state index in [4.69, 9.17) is 18.9 Å². The lowest BCUT2D eigenvalue weighted by Crippen LogP contribution is -2.31. The molecule has 2 aromatic carbocycles. The van der Waals surface area contributed by atoms with E-state index in [1.54, 1.807) is 42.5 Å². The van der Waals surface area contributed by atoms with Crippen molar-refractivity contribution in [1.29, 1.82) is 0 Å². The average Bonchev–Trinajstić information content (AvgIpc) is 2.71. The fraction of sp³-hybridized carbons (Fsp3) is 0.333. The van der Waals surface area contributed by atoms with Crippen molar-refractivity contribution in [3.63, 3.8) is 0 Å². The second-order valence-electron chi connectivity index (χ2n) is 5.91. The van der Waals surface area contributed by atoms with Gasteiger partial charge in [0, 0.05) is 0 Å². The number of hydrogen-bond acceptors (Lipinski definition) is 6. The van der Waals surface area contributed by atoms with Crippen LogP contribution in [0, 0.1) is 0 Å². The Morgan fingerprint density at radius 1 is 0.964 bits per heavy atom. The molecular formula is C21H25NO6. The van der Waals surface area contributed by atoms with Crippen molar-refractivity contribution in [3.05, 3.63) is 48.5 Å². The summed E-state index contributed by atoms with van der Waals surface area (Å²) in [5, 5.41) is 2.67. The average molecular weight is 387 g/mol. The Balaban J connectivity index is 1.86. The predicted octanol–water partition coefficient (Wildman–Crippen LogP) is 3.43. The normalized spacial score (nSPS) is 11.2. The van der Waals surface area contributed by atoms with E-state index in [-0.39, 0.29) is 6.61 Å². The molecular weight excluding hydrogens is 362 g/mol. The van der Waals surface area contributed by atoms with Crippen LogP contribution in [0.5, 0.6) is 17.2 Å². The molecule has 0 aliphatic heterocycles. The first-order valence-electron chi connectivity index (χ1n) is 9.03. The van der Waals surface area contributed by atoms with Gasteiger partial charge in [0.15, 0.2) is 24.2 Å². The van der Waals surface area contributed by atoms with Crippen LogP contribution in [-0.4, -0.2) is 38.3 Å². The van der Waals surface area contributed by atoms with E-state index < -0.39 is 18.0 Å². The molecule has 0 unspecified atom stereocenters. The minimum atomic E-state index is -0.993. The van der Waals surface area contributed by atoms with Crippen LogP contribution < -0.4 is 19.5 Å². The Morgan fingerprint density at radius 2 is 1.57 bits per heavy atom. The fourth-order valence-electron chi connectivity index (χ4n) is 2.30. The van der Waals surface area contributed by atoms with Gasteiger partial charge >= 0.3 is 5.97 Å². The Bertz CT molecular complexity index is 792. The van der Waals surface area contributed by atoms with Crippen LogP contribution in [0.25, 0.3) is 0 Å². The van der Waals surface area contributed by atoms with E-state index in [9.17, 15) is 9.59 Å². The molecule has 1 atom stereocenters. The Labute approximate surface area is 164 Å². The molecule has 0 radical (unpaired) electrons. The summed E-state index contributed by atoms with van der Waals surface area (Å²) in [5.41, 5.74) is 0.496. The van der Waals surface area contributed by atoms with Crippen LogP contribution >= 0.6 is 0 Å². The third-order valence-corrected chi connectivity index (χ3v) is 3.70. The number of para-hydroxylation sites is 4. The molecule has 0 saturated carbocycles. The summed E-state index contributed by atoms with van der Waals surface area (Å²) in [7, 11) is 1.51. The van der Waals surface area contributed by atoms with Gasteiger partial charge < -0.3 is 24.3 Å². The molecule has 0 heterocycles. The molecule has 0 aliphatic carbocycles. The number of amides is 1. The van der Waals surface area contributed by atoms with Crippen LogP contribution in [-0.2, 0) is 14.3 Å². The van der Waals surface area contributed by atoms with Gasteiger partial charge in [0.1, 0.15) is 5.75 Å². The zero-order valence-corrected chi connectivity index (χ0v) is 16.3. The number of anilines is 1. The summed E-state index contributed by atoms with van der Waals surface area (Å²) in [6.07, 6.45) is -0.137. The molecule has 0 aliphatic rings. The highest BCUT2D eigenvalue weighted by molar-refractivity contribution is 5.96. The molecule has 0 spiro atoms. The van der Waals surface area contributed by atoms with Crippen molar-refractivity contribution in [2.45, 2.75) is 26.4 Å². The van der Waals surface area contributed by atoms with E-state index in [1.165, 1.54) is 14.0 Å². The predicted molar refractivity (Wildman–Crippen MR) is 105 cm³/mol. The lowest BCUT2D eigenvalue weighted by Gasteiger charge is -2.16. The molecule has 2 aromatic rings. The first-order valence-corrected chi connectivity index (χ1v) is 9.03. The largest absolute Gasteiger partial charge is 0.495 e. The number of methoxy groups -OCH3 is 1. The summed E-state index contributed by atoms with van der Waals surface area (Å²) in [5.74, 6) is 0.386. The second-order valence-corrected chi connectivity index (χ2v) is 5.91. The molecule has 0 aromatic heterocycles. The molecule has 7 nitrogen and oxygen atoms in total. The third-order valence-electron chi connectivity index (χ3n) is 3.70. The van der Waals surface area contributed by atoms with Gasteiger partial charge in [0.25, 0.3) is 5.91 Å². The minimum absolute atomic E-state index is 0.335. The van der Waals surface area contributed by atoms with Gasteiger partial charge in [-0.2, -0.15) is 0 Å². The summed E-state index contributed by atoms with van der Waals surface area (Å²) >= 11 is 0. The number of carbonyl (C=O) groups is 2. The minimum Gasteiger partial charge on any atom is -0.495 e. The molecule has 28 heavy (non-hydrogen) atoms. The quantitative estimate of drug-likeness (QED) is 0.629. The Morgan fingerprint density at radius 3 is 2.21 bits per heavy atom. The van der Waals surface area contributed by atoms with E-state index in [1.807, 2.05) is 13.0 Å². The Hall–Kier alpha value is -3.22. The summed E-state index contributed by atoms with van der Waals surface area (Å²) < 4.78 is 21.4. The highest BCUT2D eigenvalue weighted by atomic mass is 16.6. The lowest BCUT2D eigenvalue weighted by atomic mass is 10.2. The topological polar surface area (TPSA) is 83.1 Å². The second kappa shape index (κ2) is 10.8. The highest BCUT2D eigenvalue weighted by Gasteiger charge is 2.19. The highest BCUT2D eigenvalue weighted by Crippen LogP contribution is 2.26. The number of hydrogen-bond donors (Lipinski definition) is 1. The molecule has 0 saturated heterocycles. The van der Waals surface area contributed by atoms with Crippen LogP contribution in [0.15, 0.2) is 48.5 Å². The maximum atomic E-state index is 12.3. The van der Waals surface area contributed by atoms with Crippen molar-refractivity contribution < 1.29 is 28.5 Å². The van der Waals surface area contributed by atoms with Gasteiger partial charge in [-0.1, -0.05) is 31.2 Å². The molecule has 7 heteroatoms. The van der Waals surface area contributed by atoms with Gasteiger partial charge in [-0.05, 0) is 37.6 Å². The summed E-state index contributed by atoms with van der Waals surface area (Å²) in [4.78, 5) is 24.3. The Kier molecular flexibility index (Phi) is 8.14. The molecule has 1 N–H and O–H groups in total. The maximum Gasteiger partial charge on any atom is 0.344 e. The molecule has 150 valence electrons. The smallest absolute Gasteiger partial charge is 0.344 e. The van der Waals surface area contributed by atoms with Gasteiger partial charge in [0.2, 0.25) is 0 Å². The fourth-order valence-corrected chi connectivity index (χ4v) is 2.30. The van der Waals surface area contributed by atoms with Crippen molar-refractivity contribution in [2.75, 3.05) is 25.6 Å². The monoisotopic (exact) mass is 387 g/mol. The zero-order chi connectivity index (χ0) is 20.4. The number of ether oxygens (including phenoxy) is 4. The first-order chi connectivity index (χ1) is 13.5. The van der Waals surface area contributed by atoms with E-state index in [0.717, 1.165) is 6.42 Å². The van der Waals surface area contributed by atoms with Crippen molar-refractivity contribution in [3.8, 4) is 17.2 Å². The zero-order valence-electron chi connectivity index (χ0n) is 16.3. The van der Waals surface area contributed by atoms with Gasteiger partial charge in [-0.3, -0.25) is 4.79 Å². The van der Waals surface area contributed by atoms with E-state index in [2.05, 4.69) is 5.32 Å². The summed E-state index contributed by atoms with van der Waals surface area (Å²) in [6.45, 7) is 3.70. The van der Waals surface area contributed by atoms with Crippen LogP contribution in [0.2, 0.25) is 0 Å². The van der Waals surface area contributed by atoms with Crippen LogP contribution in [0.4, 0.5) is 5.69 Å². The standard InChI is InChI=1S/C21H25NO6/c1-4-13-26-18-11-7-8-12-19(18)27-14-20(23)28-15(2)21(24)22-16-9-5-6-10-17(16)25-3/h5-12,15H,4,13-14H2,1-3H3,(H,22,24)/t15-/m1/s1. The lowest BCUT2D eigenvalue weighted by molar-refractivity contribution is -0.155. The first kappa shape index (κ1) is 21.1.